The molecule has 0 saturated carbocycles. The van der Waals surface area contributed by atoms with Gasteiger partial charge in [-0.3, -0.25) is 14.7 Å². The summed E-state index contributed by atoms with van der Waals surface area (Å²) in [6.45, 7) is 8.21. The molecule has 0 aliphatic heterocycles. The molecule has 0 radical (unpaired) electrons. The van der Waals surface area contributed by atoms with Gasteiger partial charge in [-0.1, -0.05) is 0 Å². The zero-order valence-corrected chi connectivity index (χ0v) is 24.1. The van der Waals surface area contributed by atoms with Crippen LogP contribution in [0.1, 0.15) is 43.6 Å². The average Bonchev–Trinajstić information content (AvgIpc) is 3.34. The minimum Gasteiger partial charge on any atom is -0.497 e. The number of carbonyl (C=O) groups is 1. The van der Waals surface area contributed by atoms with Crippen molar-refractivity contribution in [2.45, 2.75) is 27.7 Å². The molecule has 0 bridgehead atoms. The van der Waals surface area contributed by atoms with Crippen LogP contribution in [0.15, 0.2) is 70.6 Å². The standard InChI is InChI=1S/C31H33FN4O6/c1-6-40-25-17-21(18-26(41-7-2)29(25)42-8-3)30(37)34-33-19(4)27-28(20-9-15-24(39-5)16-10-20)35-36(31(27)38)23-13-11-22(32)12-14-23/h9-18,35H,6-8H2,1-5H3,(H,34,37). The smallest absolute Gasteiger partial charge is 0.281 e. The highest BCUT2D eigenvalue weighted by molar-refractivity contribution is 6.05. The molecule has 1 amide bonds. The number of nitrogens with one attached hydrogen (secondary N) is 2. The Morgan fingerprint density at radius 1 is 0.929 bits per heavy atom. The van der Waals surface area contributed by atoms with Crippen molar-refractivity contribution < 1.29 is 28.1 Å². The first-order chi connectivity index (χ1) is 20.3. The number of carbonyl (C=O) groups excluding carboxylic acids is 1. The summed E-state index contributed by atoms with van der Waals surface area (Å²) in [7, 11) is 1.56. The number of aromatic amines is 1. The van der Waals surface area contributed by atoms with E-state index in [2.05, 4.69) is 15.6 Å². The first kappa shape index (κ1) is 29.9. The number of hydrazone groups is 1. The molecule has 0 saturated heterocycles. The van der Waals surface area contributed by atoms with Gasteiger partial charge in [0.2, 0.25) is 5.75 Å². The van der Waals surface area contributed by atoms with Crippen LogP contribution in [0.5, 0.6) is 23.0 Å². The van der Waals surface area contributed by atoms with Crippen LogP contribution in [0.25, 0.3) is 16.9 Å². The molecule has 0 spiro atoms. The fourth-order valence-electron chi connectivity index (χ4n) is 4.29. The van der Waals surface area contributed by atoms with Gasteiger partial charge in [-0.2, -0.15) is 5.10 Å². The first-order valence-corrected chi connectivity index (χ1v) is 13.5. The largest absolute Gasteiger partial charge is 0.497 e. The summed E-state index contributed by atoms with van der Waals surface area (Å²) in [6, 6.07) is 15.7. The predicted molar refractivity (Wildman–Crippen MR) is 158 cm³/mol. The van der Waals surface area contributed by atoms with Gasteiger partial charge >= 0.3 is 0 Å². The molecule has 0 aliphatic rings. The number of H-pyrrole nitrogens is 1. The normalized spacial score (nSPS) is 11.2. The van der Waals surface area contributed by atoms with Gasteiger partial charge in [0.05, 0.1) is 49.6 Å². The average molecular weight is 577 g/mol. The predicted octanol–water partition coefficient (Wildman–Crippen LogP) is 5.33. The van der Waals surface area contributed by atoms with Crippen molar-refractivity contribution in [2.75, 3.05) is 26.9 Å². The molecule has 0 aliphatic carbocycles. The Labute approximate surface area is 242 Å². The third-order valence-electron chi connectivity index (χ3n) is 6.21. The quantitative estimate of drug-likeness (QED) is 0.174. The molecule has 1 aromatic heterocycles. The van der Waals surface area contributed by atoms with Crippen LogP contribution < -0.4 is 29.9 Å². The van der Waals surface area contributed by atoms with E-state index in [9.17, 15) is 14.0 Å². The van der Waals surface area contributed by atoms with E-state index in [4.69, 9.17) is 18.9 Å². The summed E-state index contributed by atoms with van der Waals surface area (Å²) in [5.74, 6) is 0.821. The lowest BCUT2D eigenvalue weighted by atomic mass is 10.1. The molecule has 10 nitrogen and oxygen atoms in total. The Bertz CT molecular complexity index is 1600. The second kappa shape index (κ2) is 13.5. The summed E-state index contributed by atoms with van der Waals surface area (Å²) < 4.78 is 37.3. The molecule has 220 valence electrons. The monoisotopic (exact) mass is 576 g/mol. The number of hydrogen-bond donors (Lipinski definition) is 2. The highest BCUT2D eigenvalue weighted by Crippen LogP contribution is 2.39. The van der Waals surface area contributed by atoms with Gasteiger partial charge in [-0.15, -0.1) is 0 Å². The molecule has 4 rings (SSSR count). The Kier molecular flexibility index (Phi) is 9.64. The van der Waals surface area contributed by atoms with Crippen molar-refractivity contribution in [2.24, 2.45) is 5.10 Å². The summed E-state index contributed by atoms with van der Waals surface area (Å²) in [6.07, 6.45) is 0. The number of benzene rings is 3. The number of halogens is 1. The van der Waals surface area contributed by atoms with E-state index in [0.717, 1.165) is 0 Å². The van der Waals surface area contributed by atoms with E-state index < -0.39 is 17.3 Å². The third-order valence-corrected chi connectivity index (χ3v) is 6.21. The summed E-state index contributed by atoms with van der Waals surface area (Å²) >= 11 is 0. The van der Waals surface area contributed by atoms with Crippen molar-refractivity contribution >= 4 is 11.6 Å². The van der Waals surface area contributed by atoms with Crippen molar-refractivity contribution in [3.63, 3.8) is 0 Å². The van der Waals surface area contributed by atoms with E-state index in [-0.39, 0.29) is 16.8 Å². The van der Waals surface area contributed by atoms with E-state index in [0.29, 0.717) is 59.8 Å². The highest BCUT2D eigenvalue weighted by atomic mass is 19.1. The van der Waals surface area contributed by atoms with E-state index in [1.54, 1.807) is 50.4 Å². The molecular formula is C31H33FN4O6. The van der Waals surface area contributed by atoms with Crippen LogP contribution in [0.3, 0.4) is 0 Å². The fourth-order valence-corrected chi connectivity index (χ4v) is 4.29. The van der Waals surface area contributed by atoms with Gasteiger partial charge in [0.1, 0.15) is 11.6 Å². The van der Waals surface area contributed by atoms with Crippen LogP contribution in [0.2, 0.25) is 0 Å². The van der Waals surface area contributed by atoms with Gasteiger partial charge < -0.3 is 18.9 Å². The first-order valence-electron chi connectivity index (χ1n) is 13.5. The lowest BCUT2D eigenvalue weighted by Gasteiger charge is -2.16. The molecule has 0 unspecified atom stereocenters. The van der Waals surface area contributed by atoms with Crippen LogP contribution in [-0.2, 0) is 0 Å². The maximum Gasteiger partial charge on any atom is 0.281 e. The summed E-state index contributed by atoms with van der Waals surface area (Å²) in [5, 5.41) is 7.37. The van der Waals surface area contributed by atoms with E-state index in [1.807, 2.05) is 20.8 Å². The third kappa shape index (κ3) is 6.46. The molecule has 42 heavy (non-hydrogen) atoms. The van der Waals surface area contributed by atoms with Crippen LogP contribution >= 0.6 is 0 Å². The molecule has 1 heterocycles. The van der Waals surface area contributed by atoms with Gasteiger partial charge in [0.15, 0.2) is 11.5 Å². The topological polar surface area (TPSA) is 116 Å². The zero-order valence-electron chi connectivity index (χ0n) is 24.1. The zero-order chi connectivity index (χ0) is 30.2. The van der Waals surface area contributed by atoms with Crippen molar-refractivity contribution in [3.05, 3.63) is 88.0 Å². The minimum absolute atomic E-state index is 0.224. The maximum absolute atomic E-state index is 13.6. The number of ether oxygens (including phenoxy) is 4. The van der Waals surface area contributed by atoms with Crippen molar-refractivity contribution in [3.8, 4) is 39.9 Å². The summed E-state index contributed by atoms with van der Waals surface area (Å²) in [4.78, 5) is 26.9. The van der Waals surface area contributed by atoms with Gasteiger partial charge in [-0.05, 0) is 88.4 Å². The van der Waals surface area contributed by atoms with Crippen molar-refractivity contribution in [1.29, 1.82) is 0 Å². The molecular weight excluding hydrogens is 543 g/mol. The number of aromatic nitrogens is 2. The molecule has 3 aromatic carbocycles. The van der Waals surface area contributed by atoms with E-state index in [1.165, 1.54) is 28.9 Å². The number of hydrogen-bond acceptors (Lipinski definition) is 7. The second-order valence-corrected chi connectivity index (χ2v) is 8.95. The van der Waals surface area contributed by atoms with Gasteiger partial charge in [0.25, 0.3) is 11.5 Å². The number of rotatable bonds is 12. The lowest BCUT2D eigenvalue weighted by Crippen LogP contribution is -2.23. The highest BCUT2D eigenvalue weighted by Gasteiger charge is 2.21. The molecule has 0 atom stereocenters. The number of nitrogens with zero attached hydrogens (tertiary/aromatic N) is 2. The fraction of sp³-hybridized carbons (Fsp3) is 0.258. The van der Waals surface area contributed by atoms with Gasteiger partial charge in [-0.25, -0.2) is 14.5 Å². The van der Waals surface area contributed by atoms with E-state index >= 15 is 0 Å². The number of methoxy groups -OCH3 is 1. The minimum atomic E-state index is -0.542. The van der Waals surface area contributed by atoms with Crippen LogP contribution in [0.4, 0.5) is 4.39 Å². The molecule has 11 heteroatoms. The van der Waals surface area contributed by atoms with Crippen LogP contribution in [0, 0.1) is 5.82 Å². The maximum atomic E-state index is 13.6. The number of amides is 1. The van der Waals surface area contributed by atoms with Gasteiger partial charge in [0, 0.05) is 11.1 Å². The summed E-state index contributed by atoms with van der Waals surface area (Å²) in [5.41, 5.74) is 4.38. The Morgan fingerprint density at radius 3 is 2.07 bits per heavy atom. The molecule has 4 aromatic rings. The second-order valence-electron chi connectivity index (χ2n) is 8.95. The van der Waals surface area contributed by atoms with Crippen LogP contribution in [-0.4, -0.2) is 48.3 Å². The molecule has 2 N–H and O–H groups in total. The Hall–Kier alpha value is -5.06. The van der Waals surface area contributed by atoms with Crippen molar-refractivity contribution in [1.82, 2.24) is 15.2 Å². The lowest BCUT2D eigenvalue weighted by molar-refractivity contribution is 0.0953. The molecule has 0 fully saturated rings. The Balaban J connectivity index is 1.74. The SMILES string of the molecule is CCOc1cc(C(=O)NN=C(C)c2c(-c3ccc(OC)cc3)[nH]n(-c3ccc(F)cc3)c2=O)cc(OCC)c1OCC. The Morgan fingerprint density at radius 2 is 1.52 bits per heavy atom.